The fourth-order valence-electron chi connectivity index (χ4n) is 3.29. The zero-order chi connectivity index (χ0) is 17.1. The van der Waals surface area contributed by atoms with Gasteiger partial charge in [-0.15, -0.1) is 11.3 Å². The highest BCUT2D eigenvalue weighted by molar-refractivity contribution is 7.12. The fraction of sp³-hybridized carbons (Fsp3) is 0.316. The predicted molar refractivity (Wildman–Crippen MR) is 96.4 cm³/mol. The van der Waals surface area contributed by atoms with Gasteiger partial charge < -0.3 is 9.42 Å². The summed E-state index contributed by atoms with van der Waals surface area (Å²) in [5, 5.41) is 6.03. The highest BCUT2D eigenvalue weighted by Gasteiger charge is 2.29. The van der Waals surface area contributed by atoms with E-state index in [2.05, 4.69) is 10.1 Å². The maximum atomic E-state index is 12.6. The second-order valence-electron chi connectivity index (χ2n) is 6.19. The Morgan fingerprint density at radius 2 is 2.12 bits per heavy atom. The van der Waals surface area contributed by atoms with Crippen molar-refractivity contribution in [2.24, 2.45) is 0 Å². The highest BCUT2D eigenvalue weighted by atomic mass is 32.1. The summed E-state index contributed by atoms with van der Waals surface area (Å²) in [4.78, 5) is 19.9. The third-order valence-electron chi connectivity index (χ3n) is 4.56. The van der Waals surface area contributed by atoms with Gasteiger partial charge in [0.15, 0.2) is 5.82 Å². The summed E-state index contributed by atoms with van der Waals surface area (Å²) in [6, 6.07) is 13.8. The van der Waals surface area contributed by atoms with Gasteiger partial charge in [-0.2, -0.15) is 4.98 Å². The number of hydrogen-bond acceptors (Lipinski definition) is 5. The lowest BCUT2D eigenvalue weighted by atomic mass is 10.1. The first-order chi connectivity index (χ1) is 12.3. The second-order valence-corrected chi connectivity index (χ2v) is 7.14. The van der Waals surface area contributed by atoms with Crippen molar-refractivity contribution in [3.63, 3.8) is 0 Å². The Labute approximate surface area is 150 Å². The molecule has 25 heavy (non-hydrogen) atoms. The zero-order valence-electron chi connectivity index (χ0n) is 13.8. The molecule has 3 heterocycles. The van der Waals surface area contributed by atoms with Gasteiger partial charge in [-0.3, -0.25) is 4.79 Å². The van der Waals surface area contributed by atoms with E-state index < -0.39 is 0 Å². The number of carbonyl (C=O) groups is 1. The van der Waals surface area contributed by atoms with Gasteiger partial charge >= 0.3 is 0 Å². The summed E-state index contributed by atoms with van der Waals surface area (Å²) in [6.45, 7) is 0.836. The molecule has 1 aliphatic heterocycles. The van der Waals surface area contributed by atoms with Gasteiger partial charge in [0.05, 0.1) is 4.88 Å². The molecule has 3 aromatic rings. The van der Waals surface area contributed by atoms with E-state index in [9.17, 15) is 4.79 Å². The lowest BCUT2D eigenvalue weighted by Gasteiger charge is -2.23. The van der Waals surface area contributed by atoms with Gasteiger partial charge in [-0.25, -0.2) is 0 Å². The topological polar surface area (TPSA) is 59.2 Å². The molecule has 1 fully saturated rings. The van der Waals surface area contributed by atoms with Crippen molar-refractivity contribution in [1.82, 2.24) is 15.0 Å². The van der Waals surface area contributed by atoms with Crippen molar-refractivity contribution in [1.29, 1.82) is 0 Å². The van der Waals surface area contributed by atoms with Crippen LogP contribution in [0.3, 0.4) is 0 Å². The first-order valence-electron chi connectivity index (χ1n) is 8.54. The molecule has 0 radical (unpaired) electrons. The largest absolute Gasteiger partial charge is 0.335 e. The van der Waals surface area contributed by atoms with Crippen LogP contribution in [0.4, 0.5) is 0 Å². The van der Waals surface area contributed by atoms with Crippen molar-refractivity contribution in [2.45, 2.75) is 31.7 Å². The lowest BCUT2D eigenvalue weighted by molar-refractivity contribution is 0.0735. The number of amides is 1. The smallest absolute Gasteiger partial charge is 0.264 e. The number of aryl methyl sites for hydroxylation is 1. The van der Waals surface area contributed by atoms with E-state index in [1.807, 2.05) is 52.7 Å². The summed E-state index contributed by atoms with van der Waals surface area (Å²) in [7, 11) is 0. The standard InChI is InChI=1S/C19H19N3O2S/c23-19(16-9-5-13-25-16)22-12-4-8-15(22)10-11-17-20-18(24-21-17)14-6-2-1-3-7-14/h1-3,5-7,9,13,15H,4,8,10-12H2. The molecule has 2 aromatic heterocycles. The summed E-state index contributed by atoms with van der Waals surface area (Å²) in [6.07, 6.45) is 3.68. The number of hydrogen-bond donors (Lipinski definition) is 0. The molecule has 0 N–H and O–H groups in total. The molecular formula is C19H19N3O2S. The van der Waals surface area contributed by atoms with E-state index in [-0.39, 0.29) is 11.9 Å². The van der Waals surface area contributed by atoms with E-state index in [4.69, 9.17) is 4.52 Å². The minimum absolute atomic E-state index is 0.149. The number of carbonyl (C=O) groups excluding carboxylic acids is 1. The number of likely N-dealkylation sites (tertiary alicyclic amines) is 1. The van der Waals surface area contributed by atoms with Gasteiger partial charge in [0.2, 0.25) is 0 Å². The molecule has 4 rings (SSSR count). The van der Waals surface area contributed by atoms with Crippen LogP contribution >= 0.6 is 11.3 Å². The molecule has 1 aliphatic rings. The Hall–Kier alpha value is -2.47. The molecule has 1 aromatic carbocycles. The van der Waals surface area contributed by atoms with Crippen LogP contribution in [0.5, 0.6) is 0 Å². The van der Waals surface area contributed by atoms with Crippen molar-refractivity contribution < 1.29 is 9.32 Å². The van der Waals surface area contributed by atoms with Gasteiger partial charge in [-0.1, -0.05) is 29.4 Å². The SMILES string of the molecule is O=C(c1cccs1)N1CCCC1CCc1noc(-c2ccccc2)n1. The number of benzene rings is 1. The van der Waals surface area contributed by atoms with Crippen molar-refractivity contribution in [3.8, 4) is 11.5 Å². The summed E-state index contributed by atoms with van der Waals surface area (Å²) < 4.78 is 5.36. The van der Waals surface area contributed by atoms with E-state index in [1.165, 1.54) is 11.3 Å². The molecular weight excluding hydrogens is 334 g/mol. The number of aromatic nitrogens is 2. The highest BCUT2D eigenvalue weighted by Crippen LogP contribution is 2.25. The molecule has 0 spiro atoms. The zero-order valence-corrected chi connectivity index (χ0v) is 14.6. The monoisotopic (exact) mass is 353 g/mol. The predicted octanol–water partition coefficient (Wildman–Crippen LogP) is 4.04. The van der Waals surface area contributed by atoms with E-state index >= 15 is 0 Å². The second kappa shape index (κ2) is 7.19. The Kier molecular flexibility index (Phi) is 4.61. The molecule has 1 atom stereocenters. The van der Waals surface area contributed by atoms with Crippen LogP contribution in [0, 0.1) is 0 Å². The van der Waals surface area contributed by atoms with Crippen LogP contribution in [0.15, 0.2) is 52.4 Å². The molecule has 1 unspecified atom stereocenters. The first kappa shape index (κ1) is 16.0. The van der Waals surface area contributed by atoms with Crippen LogP contribution < -0.4 is 0 Å². The Bertz CT molecular complexity index is 829. The molecule has 0 bridgehead atoms. The summed E-state index contributed by atoms with van der Waals surface area (Å²) >= 11 is 1.50. The quantitative estimate of drug-likeness (QED) is 0.695. The molecule has 1 amide bonds. The average Bonchev–Trinajstić information content (AvgIpc) is 3.41. The normalized spacial score (nSPS) is 17.1. The van der Waals surface area contributed by atoms with E-state index in [1.54, 1.807) is 0 Å². The lowest BCUT2D eigenvalue weighted by Crippen LogP contribution is -2.35. The van der Waals surface area contributed by atoms with Crippen LogP contribution in [-0.4, -0.2) is 33.5 Å². The van der Waals surface area contributed by atoms with Crippen molar-refractivity contribution in [2.75, 3.05) is 6.54 Å². The third-order valence-corrected chi connectivity index (χ3v) is 5.42. The molecule has 128 valence electrons. The minimum atomic E-state index is 0.149. The number of rotatable bonds is 5. The van der Waals surface area contributed by atoms with Gasteiger partial charge in [0, 0.05) is 24.6 Å². The maximum absolute atomic E-state index is 12.6. The molecule has 0 saturated carbocycles. The summed E-state index contributed by atoms with van der Waals surface area (Å²) in [5.41, 5.74) is 0.927. The van der Waals surface area contributed by atoms with Gasteiger partial charge in [-0.05, 0) is 42.8 Å². The first-order valence-corrected chi connectivity index (χ1v) is 9.42. The molecule has 6 heteroatoms. The van der Waals surface area contributed by atoms with Gasteiger partial charge in [0.1, 0.15) is 0 Å². The van der Waals surface area contributed by atoms with E-state index in [0.29, 0.717) is 11.7 Å². The fourth-order valence-corrected chi connectivity index (χ4v) is 3.97. The molecule has 1 saturated heterocycles. The Morgan fingerprint density at radius 1 is 1.24 bits per heavy atom. The molecule has 0 aliphatic carbocycles. The average molecular weight is 353 g/mol. The van der Waals surface area contributed by atoms with Crippen LogP contribution in [0.2, 0.25) is 0 Å². The van der Waals surface area contributed by atoms with E-state index in [0.717, 1.165) is 42.7 Å². The summed E-state index contributed by atoms with van der Waals surface area (Å²) in [5.74, 6) is 1.40. The van der Waals surface area contributed by atoms with Crippen LogP contribution in [0.25, 0.3) is 11.5 Å². The Balaban J connectivity index is 1.39. The van der Waals surface area contributed by atoms with Crippen LogP contribution in [0.1, 0.15) is 34.8 Å². The van der Waals surface area contributed by atoms with Crippen molar-refractivity contribution >= 4 is 17.2 Å². The minimum Gasteiger partial charge on any atom is -0.335 e. The Morgan fingerprint density at radius 3 is 2.92 bits per heavy atom. The van der Waals surface area contributed by atoms with Crippen molar-refractivity contribution in [3.05, 3.63) is 58.5 Å². The maximum Gasteiger partial charge on any atom is 0.264 e. The third kappa shape index (κ3) is 3.49. The van der Waals surface area contributed by atoms with Crippen LogP contribution in [-0.2, 0) is 6.42 Å². The number of thiophene rings is 1. The number of nitrogens with zero attached hydrogens (tertiary/aromatic N) is 3. The molecule has 5 nitrogen and oxygen atoms in total. The van der Waals surface area contributed by atoms with Gasteiger partial charge in [0.25, 0.3) is 11.8 Å².